The second-order valence-corrected chi connectivity index (χ2v) is 8.17. The molecule has 26 heavy (non-hydrogen) atoms. The molecule has 1 heterocycles. The van der Waals surface area contributed by atoms with E-state index in [2.05, 4.69) is 24.6 Å². The highest BCUT2D eigenvalue weighted by atomic mass is 31.2. The monoisotopic (exact) mass is 392 g/mol. The van der Waals surface area contributed by atoms with Gasteiger partial charge in [-0.15, -0.1) is 0 Å². The number of nitriles is 1. The van der Waals surface area contributed by atoms with Crippen LogP contribution in [0.15, 0.2) is 0 Å². The Morgan fingerprint density at radius 3 is 2.54 bits per heavy atom. The van der Waals surface area contributed by atoms with Gasteiger partial charge in [-0.2, -0.15) is 5.26 Å². The van der Waals surface area contributed by atoms with E-state index in [4.69, 9.17) is 23.8 Å². The number of methoxy groups -OCH3 is 1. The Hall–Kier alpha value is -0.350. The van der Waals surface area contributed by atoms with Crippen LogP contribution in [0.3, 0.4) is 0 Å². The Kier molecular flexibility index (Phi) is 11.8. The summed E-state index contributed by atoms with van der Waals surface area (Å²) < 4.78 is 40.4. The molecule has 0 N–H and O–H groups in total. The van der Waals surface area contributed by atoms with Gasteiger partial charge in [0.05, 0.1) is 31.8 Å². The lowest BCUT2D eigenvalue weighted by Gasteiger charge is -2.42. The van der Waals surface area contributed by atoms with Crippen LogP contribution >= 0.6 is 8.53 Å². The van der Waals surface area contributed by atoms with E-state index < -0.39 is 26.9 Å². The van der Waals surface area contributed by atoms with Crippen LogP contribution in [0.25, 0.3) is 0 Å². The molecule has 0 aromatic rings. The molecule has 0 saturated carbocycles. The van der Waals surface area contributed by atoms with Crippen molar-refractivity contribution in [3.05, 3.63) is 0 Å². The van der Waals surface area contributed by atoms with Crippen molar-refractivity contribution >= 4 is 8.53 Å². The molecule has 6 nitrogen and oxygen atoms in total. The topological polar surface area (TPSA) is 64.0 Å². The van der Waals surface area contributed by atoms with Crippen LogP contribution in [0.4, 0.5) is 4.39 Å². The number of hydrogen-bond donors (Lipinski definition) is 0. The smallest absolute Gasteiger partial charge is 0.259 e. The van der Waals surface area contributed by atoms with Gasteiger partial charge in [-0.25, -0.2) is 9.06 Å². The summed E-state index contributed by atoms with van der Waals surface area (Å²) in [6.07, 6.45) is -0.507. The van der Waals surface area contributed by atoms with Crippen molar-refractivity contribution in [2.45, 2.75) is 71.4 Å². The van der Waals surface area contributed by atoms with Gasteiger partial charge in [-0.05, 0) is 19.8 Å². The third-order valence-electron chi connectivity index (χ3n) is 4.39. The fourth-order valence-electron chi connectivity index (χ4n) is 2.85. The third-order valence-corrected chi connectivity index (χ3v) is 6.08. The number of ether oxygens (including phenoxy) is 2. The van der Waals surface area contributed by atoms with E-state index in [9.17, 15) is 4.39 Å². The number of alkyl halides is 1. The SMILES string of the molecule is CCCN(CCC)P(OCCC#N)O[C@H]1[C@@H](F)[C@H](C)CO[C@@H]1[C@@H](C)OC. The summed E-state index contributed by atoms with van der Waals surface area (Å²) in [5.41, 5.74) is 0. The van der Waals surface area contributed by atoms with Crippen molar-refractivity contribution in [3.63, 3.8) is 0 Å². The largest absolute Gasteiger partial charge is 0.379 e. The van der Waals surface area contributed by atoms with E-state index in [1.165, 1.54) is 0 Å². The van der Waals surface area contributed by atoms with Gasteiger partial charge in [0.1, 0.15) is 18.4 Å². The molecule has 1 aliphatic heterocycles. The molecule has 0 aromatic carbocycles. The van der Waals surface area contributed by atoms with Crippen molar-refractivity contribution in [1.29, 1.82) is 5.26 Å². The number of hydrogen-bond acceptors (Lipinski definition) is 6. The van der Waals surface area contributed by atoms with Crippen LogP contribution in [0.1, 0.15) is 47.0 Å². The summed E-state index contributed by atoms with van der Waals surface area (Å²) in [6, 6.07) is 2.07. The maximum atomic E-state index is 15.0. The van der Waals surface area contributed by atoms with Crippen molar-refractivity contribution in [2.75, 3.05) is 33.4 Å². The van der Waals surface area contributed by atoms with Crippen molar-refractivity contribution in [1.82, 2.24) is 4.67 Å². The molecule has 1 fully saturated rings. The van der Waals surface area contributed by atoms with Crippen LogP contribution in [-0.2, 0) is 18.5 Å². The zero-order valence-electron chi connectivity index (χ0n) is 16.7. The highest BCUT2D eigenvalue weighted by Crippen LogP contribution is 2.47. The molecule has 1 aliphatic rings. The molecule has 1 unspecified atom stereocenters. The van der Waals surface area contributed by atoms with Gasteiger partial charge in [-0.3, -0.25) is 0 Å². The van der Waals surface area contributed by atoms with E-state index in [1.54, 1.807) is 7.11 Å². The minimum atomic E-state index is -1.47. The van der Waals surface area contributed by atoms with Gasteiger partial charge in [0.25, 0.3) is 8.53 Å². The zero-order chi connectivity index (χ0) is 19.5. The molecule has 1 rings (SSSR count). The minimum Gasteiger partial charge on any atom is -0.379 e. The average Bonchev–Trinajstić information content (AvgIpc) is 2.64. The molecule has 152 valence electrons. The van der Waals surface area contributed by atoms with Gasteiger partial charge in [0, 0.05) is 26.1 Å². The highest BCUT2D eigenvalue weighted by Gasteiger charge is 2.44. The molecule has 1 saturated heterocycles. The lowest BCUT2D eigenvalue weighted by Crippen LogP contribution is -2.53. The number of rotatable bonds is 12. The second kappa shape index (κ2) is 12.9. The quantitative estimate of drug-likeness (QED) is 0.369. The molecule has 0 spiro atoms. The molecule has 0 aromatic heterocycles. The van der Waals surface area contributed by atoms with E-state index >= 15 is 0 Å². The Bertz CT molecular complexity index is 420. The first-order chi connectivity index (χ1) is 12.5. The first-order valence-corrected chi connectivity index (χ1v) is 10.6. The van der Waals surface area contributed by atoms with Crippen molar-refractivity contribution < 1.29 is 22.9 Å². The standard InChI is InChI=1S/C18H34FN2O4P/c1-6-10-21(11-7-2)26(24-12-8-9-20)25-18-16(19)14(3)13-23-17(18)15(4)22-5/h14-18H,6-8,10-13H2,1-5H3/t14-,15-,16+,17-,18+,26?/m1/s1. The third kappa shape index (κ3) is 6.99. The van der Waals surface area contributed by atoms with Gasteiger partial charge in [0.15, 0.2) is 0 Å². The molecule has 0 amide bonds. The van der Waals surface area contributed by atoms with Gasteiger partial charge in [0.2, 0.25) is 0 Å². The van der Waals surface area contributed by atoms with Crippen LogP contribution in [0.2, 0.25) is 0 Å². The fourth-order valence-corrected chi connectivity index (χ4v) is 4.63. The normalized spacial score (nSPS) is 28.7. The molecular weight excluding hydrogens is 358 g/mol. The molecule has 6 atom stereocenters. The summed E-state index contributed by atoms with van der Waals surface area (Å²) >= 11 is 0. The molecular formula is C18H34FN2O4P. The Labute approximate surface area is 158 Å². The van der Waals surface area contributed by atoms with E-state index in [0.29, 0.717) is 6.61 Å². The van der Waals surface area contributed by atoms with Crippen LogP contribution in [0.5, 0.6) is 0 Å². The fraction of sp³-hybridized carbons (Fsp3) is 0.944. The van der Waals surface area contributed by atoms with Gasteiger partial charge < -0.3 is 18.5 Å². The predicted octanol–water partition coefficient (Wildman–Crippen LogP) is 4.06. The zero-order valence-corrected chi connectivity index (χ0v) is 17.6. The summed E-state index contributed by atoms with van der Waals surface area (Å²) in [4.78, 5) is 0. The maximum absolute atomic E-state index is 15.0. The Morgan fingerprint density at radius 1 is 1.35 bits per heavy atom. The van der Waals surface area contributed by atoms with E-state index in [0.717, 1.165) is 25.9 Å². The Morgan fingerprint density at radius 2 is 2.00 bits per heavy atom. The Balaban J connectivity index is 2.95. The first kappa shape index (κ1) is 23.7. The number of halogens is 1. The molecule has 0 aliphatic carbocycles. The summed E-state index contributed by atoms with van der Waals surface area (Å²) in [5.74, 6) is -0.248. The van der Waals surface area contributed by atoms with Crippen molar-refractivity contribution in [2.24, 2.45) is 5.92 Å². The van der Waals surface area contributed by atoms with Gasteiger partial charge in [-0.1, -0.05) is 20.8 Å². The van der Waals surface area contributed by atoms with Crippen LogP contribution in [-0.4, -0.2) is 62.6 Å². The highest BCUT2D eigenvalue weighted by molar-refractivity contribution is 7.44. The minimum absolute atomic E-state index is 0.248. The van der Waals surface area contributed by atoms with E-state index in [-0.39, 0.29) is 25.0 Å². The maximum Gasteiger partial charge on any atom is 0.259 e. The summed E-state index contributed by atoms with van der Waals surface area (Å²) in [6.45, 7) is 10.1. The van der Waals surface area contributed by atoms with Gasteiger partial charge >= 0.3 is 0 Å². The van der Waals surface area contributed by atoms with Crippen molar-refractivity contribution in [3.8, 4) is 6.07 Å². The summed E-state index contributed by atoms with van der Waals surface area (Å²) in [7, 11) is 0.121. The molecule has 0 bridgehead atoms. The number of nitrogens with zero attached hydrogens (tertiary/aromatic N) is 2. The lowest BCUT2D eigenvalue weighted by atomic mass is 9.93. The molecule has 8 heteroatoms. The predicted molar refractivity (Wildman–Crippen MR) is 100 cm³/mol. The van der Waals surface area contributed by atoms with E-state index in [1.807, 2.05) is 13.8 Å². The second-order valence-electron chi connectivity index (χ2n) is 6.66. The summed E-state index contributed by atoms with van der Waals surface area (Å²) in [5, 5.41) is 8.80. The average molecular weight is 392 g/mol. The lowest BCUT2D eigenvalue weighted by molar-refractivity contribution is -0.167. The molecule has 0 radical (unpaired) electrons. The first-order valence-electron chi connectivity index (χ1n) is 9.50. The van der Waals surface area contributed by atoms with Crippen LogP contribution < -0.4 is 0 Å². The van der Waals surface area contributed by atoms with Crippen LogP contribution in [0, 0.1) is 17.2 Å².